The Bertz CT molecular complexity index is 761. The Morgan fingerprint density at radius 3 is 1.32 bits per heavy atom. The number of rotatable bonds is 7. The minimum absolute atomic E-state index is 0.0214. The maximum absolute atomic E-state index is 5.90. The molecule has 0 saturated carbocycles. The van der Waals surface area contributed by atoms with Crippen molar-refractivity contribution < 1.29 is 9.47 Å². The lowest BCUT2D eigenvalue weighted by Gasteiger charge is -2.25. The minimum atomic E-state index is -0.0214. The van der Waals surface area contributed by atoms with Gasteiger partial charge in [0, 0.05) is 11.1 Å². The Balaban J connectivity index is 2.54. The van der Waals surface area contributed by atoms with E-state index in [2.05, 4.69) is 91.1 Å². The van der Waals surface area contributed by atoms with E-state index in [-0.39, 0.29) is 10.8 Å². The van der Waals surface area contributed by atoms with Crippen LogP contribution in [0.15, 0.2) is 61.7 Å². The predicted octanol–water partition coefficient (Wildman–Crippen LogP) is 7.08. The van der Waals surface area contributed by atoms with Crippen molar-refractivity contribution in [2.45, 2.75) is 52.4 Å². The summed E-state index contributed by atoms with van der Waals surface area (Å²) in [4.78, 5) is 0. The van der Waals surface area contributed by atoms with E-state index >= 15 is 0 Å². The van der Waals surface area contributed by atoms with Crippen LogP contribution in [0.5, 0.6) is 11.5 Å². The van der Waals surface area contributed by atoms with Gasteiger partial charge in [0.1, 0.15) is 24.7 Å². The van der Waals surface area contributed by atoms with Crippen molar-refractivity contribution in [3.63, 3.8) is 0 Å². The van der Waals surface area contributed by atoms with Crippen LogP contribution < -0.4 is 9.47 Å². The van der Waals surface area contributed by atoms with Crippen LogP contribution in [0.2, 0.25) is 0 Å². The van der Waals surface area contributed by atoms with Gasteiger partial charge in [-0.2, -0.15) is 0 Å². The zero-order chi connectivity index (χ0) is 20.9. The fraction of sp³-hybridized carbons (Fsp3) is 0.385. The second kappa shape index (κ2) is 8.68. The SMILES string of the molecule is C=CCOc1ccc(-c2ccc(OCC=C)c(C(C)(C)C)c2)cc1C(C)(C)C. The average Bonchev–Trinajstić information content (AvgIpc) is 2.63. The first-order valence-corrected chi connectivity index (χ1v) is 9.84. The third-order valence-electron chi connectivity index (χ3n) is 4.62. The normalized spacial score (nSPS) is 11.8. The second-order valence-corrected chi connectivity index (χ2v) is 9.12. The average molecular weight is 379 g/mol. The summed E-state index contributed by atoms with van der Waals surface area (Å²) in [6.45, 7) is 21.8. The van der Waals surface area contributed by atoms with Gasteiger partial charge in [-0.3, -0.25) is 0 Å². The van der Waals surface area contributed by atoms with Crippen LogP contribution in [-0.2, 0) is 10.8 Å². The predicted molar refractivity (Wildman–Crippen MR) is 121 cm³/mol. The highest BCUT2D eigenvalue weighted by Crippen LogP contribution is 2.38. The molecule has 0 aliphatic carbocycles. The van der Waals surface area contributed by atoms with Crippen LogP contribution >= 0.6 is 0 Å². The van der Waals surface area contributed by atoms with Gasteiger partial charge in [-0.1, -0.05) is 79.0 Å². The fourth-order valence-corrected chi connectivity index (χ4v) is 3.14. The summed E-state index contributed by atoms with van der Waals surface area (Å²) in [5, 5.41) is 0. The van der Waals surface area contributed by atoms with Gasteiger partial charge in [0.2, 0.25) is 0 Å². The van der Waals surface area contributed by atoms with Crippen molar-refractivity contribution in [1.29, 1.82) is 0 Å². The molecule has 0 aliphatic rings. The van der Waals surface area contributed by atoms with Gasteiger partial charge in [0.25, 0.3) is 0 Å². The maximum Gasteiger partial charge on any atom is 0.123 e. The Labute approximate surface area is 170 Å². The molecular weight excluding hydrogens is 344 g/mol. The van der Waals surface area contributed by atoms with Gasteiger partial charge in [0.05, 0.1) is 0 Å². The van der Waals surface area contributed by atoms with Crippen LogP contribution in [0.1, 0.15) is 52.7 Å². The van der Waals surface area contributed by atoms with Crippen molar-refractivity contribution in [2.75, 3.05) is 13.2 Å². The first-order chi connectivity index (χ1) is 13.1. The van der Waals surface area contributed by atoms with Gasteiger partial charge < -0.3 is 9.47 Å². The molecule has 0 aliphatic heterocycles. The molecule has 0 atom stereocenters. The molecule has 2 rings (SSSR count). The molecule has 2 aromatic carbocycles. The minimum Gasteiger partial charge on any atom is -0.489 e. The summed E-state index contributed by atoms with van der Waals surface area (Å²) >= 11 is 0. The fourth-order valence-electron chi connectivity index (χ4n) is 3.14. The van der Waals surface area contributed by atoms with E-state index in [1.54, 1.807) is 12.2 Å². The molecule has 0 amide bonds. The molecular formula is C26H34O2. The number of benzene rings is 2. The largest absolute Gasteiger partial charge is 0.489 e. The summed E-state index contributed by atoms with van der Waals surface area (Å²) in [7, 11) is 0. The summed E-state index contributed by atoms with van der Waals surface area (Å²) in [6, 6.07) is 12.9. The molecule has 0 radical (unpaired) electrons. The highest BCUT2D eigenvalue weighted by atomic mass is 16.5. The molecule has 0 heterocycles. The second-order valence-electron chi connectivity index (χ2n) is 9.12. The van der Waals surface area contributed by atoms with Crippen LogP contribution in [-0.4, -0.2) is 13.2 Å². The Morgan fingerprint density at radius 1 is 0.679 bits per heavy atom. The van der Waals surface area contributed by atoms with Crippen LogP contribution in [0.3, 0.4) is 0 Å². The van der Waals surface area contributed by atoms with Crippen molar-refractivity contribution in [2.24, 2.45) is 0 Å². The zero-order valence-electron chi connectivity index (χ0n) is 18.3. The van der Waals surface area contributed by atoms with E-state index in [9.17, 15) is 0 Å². The number of ether oxygens (including phenoxy) is 2. The van der Waals surface area contributed by atoms with Gasteiger partial charge in [-0.05, 0) is 46.2 Å². The zero-order valence-corrected chi connectivity index (χ0v) is 18.3. The molecule has 0 bridgehead atoms. The van der Waals surface area contributed by atoms with Crippen molar-refractivity contribution >= 4 is 0 Å². The van der Waals surface area contributed by atoms with Gasteiger partial charge in [0.15, 0.2) is 0 Å². The first-order valence-electron chi connectivity index (χ1n) is 9.84. The molecule has 2 heteroatoms. The summed E-state index contributed by atoms with van der Waals surface area (Å²) < 4.78 is 11.8. The maximum atomic E-state index is 5.90. The van der Waals surface area contributed by atoms with Gasteiger partial charge in [-0.25, -0.2) is 0 Å². The van der Waals surface area contributed by atoms with E-state index in [0.29, 0.717) is 13.2 Å². The summed E-state index contributed by atoms with van der Waals surface area (Å²) in [5.74, 6) is 1.83. The number of hydrogen-bond donors (Lipinski definition) is 0. The third-order valence-corrected chi connectivity index (χ3v) is 4.62. The van der Waals surface area contributed by atoms with Gasteiger partial charge in [-0.15, -0.1) is 0 Å². The van der Waals surface area contributed by atoms with Crippen LogP contribution in [0, 0.1) is 0 Å². The summed E-state index contributed by atoms with van der Waals surface area (Å²) in [6.07, 6.45) is 3.55. The third kappa shape index (κ3) is 5.28. The summed E-state index contributed by atoms with van der Waals surface area (Å²) in [5.41, 5.74) is 4.69. The molecule has 0 aromatic heterocycles. The molecule has 28 heavy (non-hydrogen) atoms. The lowest BCUT2D eigenvalue weighted by molar-refractivity contribution is 0.350. The molecule has 2 nitrogen and oxygen atoms in total. The highest BCUT2D eigenvalue weighted by Gasteiger charge is 2.22. The Kier molecular flexibility index (Phi) is 6.77. The lowest BCUT2D eigenvalue weighted by Crippen LogP contribution is -2.14. The van der Waals surface area contributed by atoms with E-state index in [0.717, 1.165) is 11.5 Å². The number of hydrogen-bond acceptors (Lipinski definition) is 2. The van der Waals surface area contributed by atoms with Crippen LogP contribution in [0.25, 0.3) is 11.1 Å². The van der Waals surface area contributed by atoms with E-state index < -0.39 is 0 Å². The highest BCUT2D eigenvalue weighted by molar-refractivity contribution is 5.69. The van der Waals surface area contributed by atoms with E-state index in [1.165, 1.54) is 22.3 Å². The van der Waals surface area contributed by atoms with Crippen molar-refractivity contribution in [3.05, 3.63) is 72.8 Å². The molecule has 150 valence electrons. The lowest BCUT2D eigenvalue weighted by atomic mass is 9.82. The topological polar surface area (TPSA) is 18.5 Å². The first kappa shape index (κ1) is 21.8. The Hall–Kier alpha value is -2.48. The van der Waals surface area contributed by atoms with E-state index in [1.807, 2.05) is 0 Å². The quantitative estimate of drug-likeness (QED) is 0.479. The Morgan fingerprint density at radius 2 is 1.04 bits per heavy atom. The molecule has 2 aromatic rings. The molecule has 0 fully saturated rings. The molecule has 0 N–H and O–H groups in total. The standard InChI is InChI=1S/C26H34O2/c1-9-15-27-23-13-11-19(17-21(23)25(3,4)5)20-12-14-24(28-16-10-2)22(18-20)26(6,7)8/h9-14,17-18H,1-2,15-16H2,3-8H3. The molecule has 0 spiro atoms. The van der Waals surface area contributed by atoms with E-state index in [4.69, 9.17) is 9.47 Å². The monoisotopic (exact) mass is 378 g/mol. The molecule has 0 unspecified atom stereocenters. The smallest absolute Gasteiger partial charge is 0.123 e. The van der Waals surface area contributed by atoms with Crippen molar-refractivity contribution in [3.8, 4) is 22.6 Å². The molecule has 0 saturated heterocycles. The van der Waals surface area contributed by atoms with Gasteiger partial charge >= 0.3 is 0 Å². The van der Waals surface area contributed by atoms with Crippen LogP contribution in [0.4, 0.5) is 0 Å². The van der Waals surface area contributed by atoms with Crippen molar-refractivity contribution in [1.82, 2.24) is 0 Å².